The number of anilines is 1. The van der Waals surface area contributed by atoms with Gasteiger partial charge in [0.05, 0.1) is 31.1 Å². The molecule has 1 aliphatic rings. The van der Waals surface area contributed by atoms with Crippen molar-refractivity contribution >= 4 is 62.4 Å². The third-order valence-electron chi connectivity index (χ3n) is 8.34. The molecule has 1 saturated heterocycles. The number of carbonyl (C=O) groups is 5. The summed E-state index contributed by atoms with van der Waals surface area (Å²) in [4.78, 5) is 94.6. The van der Waals surface area contributed by atoms with Crippen LogP contribution in [-0.4, -0.2) is 112 Å². The molecular formula is C41H64N8O14S2. The highest BCUT2D eigenvalue weighted by atomic mass is 32.2. The largest absolute Gasteiger partial charge is 0.488 e. The Kier molecular flexibility index (Phi) is 18.3. The van der Waals surface area contributed by atoms with Crippen LogP contribution in [0.15, 0.2) is 27.6 Å². The molecule has 0 radical (unpaired) electrons. The Bertz CT molecular complexity index is 2220. The molecule has 3 heterocycles. The number of esters is 1. The number of hydrogen-bond acceptors (Lipinski definition) is 17. The van der Waals surface area contributed by atoms with Gasteiger partial charge in [0, 0.05) is 18.0 Å². The normalized spacial score (nSPS) is 15.8. The first-order valence-electron chi connectivity index (χ1n) is 21.0. The number of aromatic nitrogens is 2. The summed E-state index contributed by atoms with van der Waals surface area (Å²) in [6.07, 6.45) is 2.06. The summed E-state index contributed by atoms with van der Waals surface area (Å²) in [6.45, 7) is 20.4. The first kappa shape index (κ1) is 53.8. The van der Waals surface area contributed by atoms with Crippen LogP contribution in [0.2, 0.25) is 0 Å². The fraction of sp³-hybridized carbons (Fsp3) is 0.659. The molecule has 0 spiro atoms. The average Bonchev–Trinajstić information content (AvgIpc) is 3.61. The Balaban J connectivity index is 1.92. The summed E-state index contributed by atoms with van der Waals surface area (Å²) in [5.74, 6) is -2.59. The predicted octanol–water partition coefficient (Wildman–Crippen LogP) is 4.16. The summed E-state index contributed by atoms with van der Waals surface area (Å²) < 4.78 is 53.7. The molecule has 364 valence electrons. The molecule has 65 heavy (non-hydrogen) atoms. The molecule has 2 aromatic heterocycles. The standard InChI is InChI=1S/C41H64N8O14S2/c1-14-16-18-58-29-23-48(59-19-17-15-2)25(20-28(29)50)22-49(37(55)62-40(9,10)11)65(56,57)42-21-26-30(32(51)43-26)45-33(52)31(47-63-41(12,13)34(53)60-38(3,4)5)27-24-64-35(44-27)46-36(54)61-39(6,7)8/h20,23-24,26,30,42H,14-19,21-22H2,1-13H3,(H,43,51)(H,45,52)(H,44,46,54)/b47-31-. The van der Waals surface area contributed by atoms with Crippen LogP contribution in [0, 0.1) is 0 Å². The van der Waals surface area contributed by atoms with Crippen molar-refractivity contribution in [1.82, 2.24) is 29.4 Å². The van der Waals surface area contributed by atoms with Gasteiger partial charge < -0.3 is 39.3 Å². The second-order valence-corrected chi connectivity index (χ2v) is 20.9. The molecule has 4 amide bonds. The minimum absolute atomic E-state index is 0.00475. The van der Waals surface area contributed by atoms with Gasteiger partial charge in [-0.25, -0.2) is 19.4 Å². The van der Waals surface area contributed by atoms with Gasteiger partial charge in [0.2, 0.25) is 16.9 Å². The lowest BCUT2D eigenvalue weighted by Crippen LogP contribution is -2.72. The third kappa shape index (κ3) is 17.1. The lowest BCUT2D eigenvalue weighted by Gasteiger charge is -2.37. The minimum Gasteiger partial charge on any atom is -0.488 e. The van der Waals surface area contributed by atoms with Crippen molar-refractivity contribution in [2.75, 3.05) is 25.1 Å². The highest BCUT2D eigenvalue weighted by Crippen LogP contribution is 2.22. The Morgan fingerprint density at radius 1 is 0.908 bits per heavy atom. The molecule has 1 aliphatic heterocycles. The number of pyridine rings is 1. The van der Waals surface area contributed by atoms with E-state index in [-0.39, 0.29) is 35.5 Å². The topological polar surface area (TPSA) is 273 Å². The number of thiazole rings is 1. The van der Waals surface area contributed by atoms with E-state index >= 15 is 0 Å². The number of β-lactam (4-membered cyclic amide) rings is 1. The van der Waals surface area contributed by atoms with Gasteiger partial charge in [-0.1, -0.05) is 31.8 Å². The molecule has 0 aliphatic carbocycles. The Labute approximate surface area is 383 Å². The van der Waals surface area contributed by atoms with Crippen LogP contribution in [0.25, 0.3) is 0 Å². The molecule has 1 fully saturated rings. The fourth-order valence-electron chi connectivity index (χ4n) is 5.12. The van der Waals surface area contributed by atoms with Crippen molar-refractivity contribution in [1.29, 1.82) is 0 Å². The van der Waals surface area contributed by atoms with Crippen LogP contribution in [0.5, 0.6) is 5.75 Å². The molecule has 2 unspecified atom stereocenters. The molecule has 24 heteroatoms. The summed E-state index contributed by atoms with van der Waals surface area (Å²) in [5.41, 5.74) is -5.87. The van der Waals surface area contributed by atoms with Gasteiger partial charge in [-0.05, 0) is 89.0 Å². The van der Waals surface area contributed by atoms with Crippen LogP contribution in [0.3, 0.4) is 0 Å². The number of amides is 4. The maximum atomic E-state index is 14.0. The fourth-order valence-corrected chi connectivity index (χ4v) is 6.88. The number of oxime groups is 1. The molecule has 2 atom stereocenters. The van der Waals surface area contributed by atoms with E-state index in [1.807, 2.05) is 13.8 Å². The van der Waals surface area contributed by atoms with Gasteiger partial charge in [0.25, 0.3) is 5.91 Å². The number of hydrogen-bond donors (Lipinski definition) is 4. The summed E-state index contributed by atoms with van der Waals surface area (Å²) >= 11 is 0.905. The maximum absolute atomic E-state index is 14.0. The Morgan fingerprint density at radius 3 is 2.11 bits per heavy atom. The average molecular weight is 957 g/mol. The quantitative estimate of drug-likeness (QED) is 0.0342. The summed E-state index contributed by atoms with van der Waals surface area (Å²) in [7, 11) is -4.84. The van der Waals surface area contributed by atoms with E-state index in [9.17, 15) is 37.2 Å². The molecule has 4 N–H and O–H groups in total. The highest BCUT2D eigenvalue weighted by Gasteiger charge is 2.43. The van der Waals surface area contributed by atoms with E-state index in [4.69, 9.17) is 28.6 Å². The van der Waals surface area contributed by atoms with E-state index in [1.54, 1.807) is 41.5 Å². The van der Waals surface area contributed by atoms with E-state index < -0.39 is 98.9 Å². The number of nitrogens with one attached hydrogen (secondary N) is 4. The van der Waals surface area contributed by atoms with E-state index in [2.05, 4.69) is 30.8 Å². The second-order valence-electron chi connectivity index (χ2n) is 18.3. The van der Waals surface area contributed by atoms with Crippen LogP contribution in [-0.2, 0) is 50.2 Å². The lowest BCUT2D eigenvalue weighted by molar-refractivity contribution is -0.179. The molecule has 0 saturated carbocycles. The van der Waals surface area contributed by atoms with Crippen LogP contribution in [0.4, 0.5) is 14.7 Å². The van der Waals surface area contributed by atoms with Crippen molar-refractivity contribution in [2.45, 2.75) is 157 Å². The predicted molar refractivity (Wildman–Crippen MR) is 240 cm³/mol. The first-order valence-corrected chi connectivity index (χ1v) is 23.4. The number of carbonyl (C=O) groups excluding carboxylic acids is 5. The smallest absolute Gasteiger partial charge is 0.425 e. The number of rotatable bonds is 21. The summed E-state index contributed by atoms with van der Waals surface area (Å²) in [5, 5.41) is 12.8. The minimum atomic E-state index is -4.84. The Hall–Kier alpha value is -5.49. The SMILES string of the molecule is CCCCOc1cn(OCCCC)c(CN(C(=O)OC(C)(C)C)S(=O)(=O)NCC2NC(=O)C2NC(=O)/C(=N\OC(C)(C)C(=O)OC(C)(C)C)c2csc(NC(=O)OC(C)(C)C)n2)cc1=O. The van der Waals surface area contributed by atoms with E-state index in [0.717, 1.165) is 30.2 Å². The van der Waals surface area contributed by atoms with Gasteiger partial charge in [0.15, 0.2) is 16.6 Å². The molecule has 0 bridgehead atoms. The third-order valence-corrected chi connectivity index (χ3v) is 10.5. The zero-order chi connectivity index (χ0) is 49.1. The highest BCUT2D eigenvalue weighted by molar-refractivity contribution is 7.87. The van der Waals surface area contributed by atoms with Crippen molar-refractivity contribution in [3.8, 4) is 5.75 Å². The zero-order valence-corrected chi connectivity index (χ0v) is 41.0. The van der Waals surface area contributed by atoms with Gasteiger partial charge >= 0.3 is 28.4 Å². The number of nitrogens with zero attached hydrogens (tertiary/aromatic N) is 4. The molecular weight excluding hydrogens is 893 g/mol. The van der Waals surface area contributed by atoms with Crippen molar-refractivity contribution in [3.63, 3.8) is 0 Å². The van der Waals surface area contributed by atoms with Crippen LogP contribution in [0.1, 0.15) is 127 Å². The van der Waals surface area contributed by atoms with Crippen LogP contribution >= 0.6 is 11.3 Å². The maximum Gasteiger partial charge on any atom is 0.425 e. The van der Waals surface area contributed by atoms with Crippen molar-refractivity contribution < 1.29 is 61.0 Å². The van der Waals surface area contributed by atoms with Crippen LogP contribution < -0.4 is 35.7 Å². The van der Waals surface area contributed by atoms with E-state index in [0.29, 0.717) is 17.1 Å². The van der Waals surface area contributed by atoms with Gasteiger partial charge in [-0.2, -0.15) is 22.2 Å². The zero-order valence-electron chi connectivity index (χ0n) is 39.4. The van der Waals surface area contributed by atoms with Gasteiger partial charge in [0.1, 0.15) is 35.1 Å². The molecule has 22 nitrogen and oxygen atoms in total. The van der Waals surface area contributed by atoms with Crippen molar-refractivity contribution in [3.05, 3.63) is 39.3 Å². The molecule has 0 aromatic carbocycles. The summed E-state index contributed by atoms with van der Waals surface area (Å²) in [6, 6.07) is -1.36. The van der Waals surface area contributed by atoms with E-state index in [1.165, 1.54) is 50.9 Å². The van der Waals surface area contributed by atoms with Gasteiger partial charge in [-0.15, -0.1) is 11.3 Å². The second kappa shape index (κ2) is 22.1. The Morgan fingerprint density at radius 2 is 1.52 bits per heavy atom. The lowest BCUT2D eigenvalue weighted by atomic mass is 9.99. The monoisotopic (exact) mass is 956 g/mol. The molecule has 3 rings (SSSR count). The number of unbranched alkanes of at least 4 members (excludes halogenated alkanes) is 2. The first-order chi connectivity index (χ1) is 29.9. The van der Waals surface area contributed by atoms with Crippen molar-refractivity contribution in [2.24, 2.45) is 5.16 Å². The molecule has 2 aromatic rings. The number of ether oxygens (including phenoxy) is 4. The van der Waals surface area contributed by atoms with Gasteiger partial charge in [-0.3, -0.25) is 19.7 Å².